The van der Waals surface area contributed by atoms with Crippen molar-refractivity contribution < 1.29 is 9.53 Å². The van der Waals surface area contributed by atoms with Crippen molar-refractivity contribution in [2.45, 2.75) is 57.9 Å². The SMILES string of the molecule is CCOc1ccccc1CSCC(=O)N1C(C)CCCC1C. The van der Waals surface area contributed by atoms with Gasteiger partial charge in [-0.3, -0.25) is 4.79 Å². The summed E-state index contributed by atoms with van der Waals surface area (Å²) in [6.45, 7) is 7.00. The molecule has 22 heavy (non-hydrogen) atoms. The van der Waals surface area contributed by atoms with Crippen molar-refractivity contribution in [3.63, 3.8) is 0 Å². The maximum atomic E-state index is 12.5. The summed E-state index contributed by atoms with van der Waals surface area (Å²) < 4.78 is 5.64. The van der Waals surface area contributed by atoms with E-state index in [0.717, 1.165) is 24.3 Å². The fraction of sp³-hybridized carbons (Fsp3) is 0.611. The molecule has 1 fully saturated rings. The Labute approximate surface area is 138 Å². The van der Waals surface area contributed by atoms with Crippen molar-refractivity contribution in [2.24, 2.45) is 0 Å². The lowest BCUT2D eigenvalue weighted by molar-refractivity contribution is -0.134. The van der Waals surface area contributed by atoms with E-state index < -0.39 is 0 Å². The van der Waals surface area contributed by atoms with Crippen LogP contribution in [-0.2, 0) is 10.5 Å². The Morgan fingerprint density at radius 2 is 1.95 bits per heavy atom. The van der Waals surface area contributed by atoms with Gasteiger partial charge in [0.15, 0.2) is 0 Å². The number of ether oxygens (including phenoxy) is 1. The van der Waals surface area contributed by atoms with Gasteiger partial charge < -0.3 is 9.64 Å². The second-order valence-electron chi connectivity index (χ2n) is 5.96. The van der Waals surface area contributed by atoms with E-state index in [1.54, 1.807) is 11.8 Å². The monoisotopic (exact) mass is 321 g/mol. The number of para-hydroxylation sites is 1. The Balaban J connectivity index is 1.87. The van der Waals surface area contributed by atoms with Crippen LogP contribution < -0.4 is 4.74 Å². The van der Waals surface area contributed by atoms with Gasteiger partial charge in [0.05, 0.1) is 12.4 Å². The average molecular weight is 321 g/mol. The zero-order valence-electron chi connectivity index (χ0n) is 13.9. The molecule has 2 atom stereocenters. The van der Waals surface area contributed by atoms with Gasteiger partial charge >= 0.3 is 0 Å². The van der Waals surface area contributed by atoms with Crippen molar-refractivity contribution in [2.75, 3.05) is 12.4 Å². The third-order valence-electron chi connectivity index (χ3n) is 4.24. The summed E-state index contributed by atoms with van der Waals surface area (Å²) in [5.74, 6) is 2.58. The molecule has 4 heteroatoms. The molecule has 0 bridgehead atoms. The van der Waals surface area contributed by atoms with E-state index in [9.17, 15) is 4.79 Å². The van der Waals surface area contributed by atoms with Crippen LogP contribution in [0.1, 0.15) is 45.6 Å². The number of hydrogen-bond acceptors (Lipinski definition) is 3. The molecule has 3 nitrogen and oxygen atoms in total. The molecule has 1 aromatic rings. The number of nitrogens with zero attached hydrogens (tertiary/aromatic N) is 1. The first-order chi connectivity index (χ1) is 10.6. The topological polar surface area (TPSA) is 29.5 Å². The van der Waals surface area contributed by atoms with Gasteiger partial charge in [0.25, 0.3) is 0 Å². The van der Waals surface area contributed by atoms with Crippen molar-refractivity contribution in [3.05, 3.63) is 29.8 Å². The smallest absolute Gasteiger partial charge is 0.233 e. The van der Waals surface area contributed by atoms with Crippen LogP contribution in [0.3, 0.4) is 0 Å². The van der Waals surface area contributed by atoms with E-state index >= 15 is 0 Å². The number of piperidine rings is 1. The fourth-order valence-corrected chi connectivity index (χ4v) is 4.04. The number of benzene rings is 1. The molecule has 0 saturated carbocycles. The van der Waals surface area contributed by atoms with Gasteiger partial charge in [-0.15, -0.1) is 11.8 Å². The molecular formula is C18H27NO2S. The van der Waals surface area contributed by atoms with Gasteiger partial charge in [0.2, 0.25) is 5.91 Å². The molecular weight excluding hydrogens is 294 g/mol. The summed E-state index contributed by atoms with van der Waals surface area (Å²) >= 11 is 1.68. The standard InChI is InChI=1S/C18H27NO2S/c1-4-21-17-11-6-5-10-16(17)12-22-13-18(20)19-14(2)8-7-9-15(19)3/h5-6,10-11,14-15H,4,7-9,12-13H2,1-3H3. The van der Waals surface area contributed by atoms with Gasteiger partial charge in [0, 0.05) is 23.4 Å². The van der Waals surface area contributed by atoms with Crippen molar-refractivity contribution in [1.82, 2.24) is 4.90 Å². The van der Waals surface area contributed by atoms with Gasteiger partial charge in [-0.1, -0.05) is 18.2 Å². The molecule has 1 aliphatic rings. The normalized spacial score (nSPS) is 21.7. The van der Waals surface area contributed by atoms with Gasteiger partial charge in [-0.05, 0) is 46.1 Å². The van der Waals surface area contributed by atoms with Crippen LogP contribution in [-0.4, -0.2) is 35.3 Å². The van der Waals surface area contributed by atoms with Crippen LogP contribution in [0, 0.1) is 0 Å². The highest BCUT2D eigenvalue weighted by molar-refractivity contribution is 7.99. The van der Waals surface area contributed by atoms with Gasteiger partial charge in [-0.2, -0.15) is 0 Å². The maximum absolute atomic E-state index is 12.5. The third kappa shape index (κ3) is 4.42. The first kappa shape index (κ1) is 17.2. The lowest BCUT2D eigenvalue weighted by Crippen LogP contribution is -2.48. The van der Waals surface area contributed by atoms with Crippen LogP contribution >= 0.6 is 11.8 Å². The molecule has 1 aliphatic heterocycles. The molecule has 2 unspecified atom stereocenters. The minimum atomic E-state index is 0.276. The second-order valence-corrected chi connectivity index (χ2v) is 6.95. The number of amides is 1. The third-order valence-corrected chi connectivity index (χ3v) is 5.20. The van der Waals surface area contributed by atoms with Crippen LogP contribution in [0.5, 0.6) is 5.75 Å². The number of carbonyl (C=O) groups excluding carboxylic acids is 1. The zero-order valence-corrected chi connectivity index (χ0v) is 14.7. The molecule has 0 aliphatic carbocycles. The van der Waals surface area contributed by atoms with Crippen LogP contribution in [0.15, 0.2) is 24.3 Å². The van der Waals surface area contributed by atoms with Gasteiger partial charge in [0.1, 0.15) is 5.75 Å². The zero-order chi connectivity index (χ0) is 15.9. The lowest BCUT2D eigenvalue weighted by Gasteiger charge is -2.39. The van der Waals surface area contributed by atoms with E-state index in [-0.39, 0.29) is 5.91 Å². The number of likely N-dealkylation sites (tertiary alicyclic amines) is 1. The molecule has 0 N–H and O–H groups in total. The van der Waals surface area contributed by atoms with Crippen molar-refractivity contribution in [1.29, 1.82) is 0 Å². The van der Waals surface area contributed by atoms with E-state index in [1.165, 1.54) is 12.0 Å². The van der Waals surface area contributed by atoms with Crippen molar-refractivity contribution >= 4 is 17.7 Å². The van der Waals surface area contributed by atoms with Crippen LogP contribution in [0.4, 0.5) is 0 Å². The summed E-state index contributed by atoms with van der Waals surface area (Å²) in [6, 6.07) is 8.85. The highest BCUT2D eigenvalue weighted by atomic mass is 32.2. The second kappa shape index (κ2) is 8.47. The number of carbonyl (C=O) groups is 1. The highest BCUT2D eigenvalue weighted by Gasteiger charge is 2.28. The Morgan fingerprint density at radius 3 is 2.64 bits per heavy atom. The van der Waals surface area contributed by atoms with Crippen LogP contribution in [0.25, 0.3) is 0 Å². The quantitative estimate of drug-likeness (QED) is 0.790. The molecule has 0 aromatic heterocycles. The molecule has 1 amide bonds. The minimum Gasteiger partial charge on any atom is -0.494 e. The molecule has 1 heterocycles. The molecule has 1 saturated heterocycles. The Morgan fingerprint density at radius 1 is 1.27 bits per heavy atom. The summed E-state index contributed by atoms with van der Waals surface area (Å²) in [5.41, 5.74) is 1.17. The lowest BCUT2D eigenvalue weighted by atomic mass is 9.98. The Bertz CT molecular complexity index is 482. The number of hydrogen-bond donors (Lipinski definition) is 0. The predicted molar refractivity (Wildman–Crippen MR) is 93.4 cm³/mol. The maximum Gasteiger partial charge on any atom is 0.233 e. The molecule has 0 radical (unpaired) electrons. The fourth-order valence-electron chi connectivity index (χ4n) is 3.16. The number of thioether (sulfide) groups is 1. The Hall–Kier alpha value is -1.16. The Kier molecular flexibility index (Phi) is 6.62. The summed E-state index contributed by atoms with van der Waals surface area (Å²) in [6.07, 6.45) is 3.50. The number of rotatable bonds is 6. The largest absolute Gasteiger partial charge is 0.494 e. The first-order valence-corrected chi connectivity index (χ1v) is 9.38. The molecule has 0 spiro atoms. The average Bonchev–Trinajstić information content (AvgIpc) is 2.49. The molecule has 122 valence electrons. The summed E-state index contributed by atoms with van der Waals surface area (Å²) in [5, 5.41) is 0. The molecule has 1 aromatic carbocycles. The highest BCUT2D eigenvalue weighted by Crippen LogP contribution is 2.26. The van der Waals surface area contributed by atoms with E-state index in [0.29, 0.717) is 24.4 Å². The van der Waals surface area contributed by atoms with E-state index in [1.807, 2.05) is 25.1 Å². The van der Waals surface area contributed by atoms with Crippen molar-refractivity contribution in [3.8, 4) is 5.75 Å². The van der Waals surface area contributed by atoms with Gasteiger partial charge in [-0.25, -0.2) is 0 Å². The van der Waals surface area contributed by atoms with E-state index in [4.69, 9.17) is 4.74 Å². The van der Waals surface area contributed by atoms with Crippen LogP contribution in [0.2, 0.25) is 0 Å². The predicted octanol–water partition coefficient (Wildman–Crippen LogP) is 4.11. The summed E-state index contributed by atoms with van der Waals surface area (Å²) in [4.78, 5) is 14.6. The van der Waals surface area contributed by atoms with E-state index in [2.05, 4.69) is 24.8 Å². The summed E-state index contributed by atoms with van der Waals surface area (Å²) in [7, 11) is 0. The minimum absolute atomic E-state index is 0.276. The molecule has 2 rings (SSSR count). The first-order valence-electron chi connectivity index (χ1n) is 8.23.